The number of rotatable bonds is 7. The van der Waals surface area contributed by atoms with Gasteiger partial charge in [0.05, 0.1) is 6.26 Å². The summed E-state index contributed by atoms with van der Waals surface area (Å²) < 4.78 is 27.1. The summed E-state index contributed by atoms with van der Waals surface area (Å²) in [5, 5.41) is 0. The lowest BCUT2D eigenvalue weighted by atomic mass is 9.91. The van der Waals surface area contributed by atoms with Crippen LogP contribution in [0.2, 0.25) is 0 Å². The zero-order valence-corrected chi connectivity index (χ0v) is 16.3. The Morgan fingerprint density at radius 3 is 2.17 bits per heavy atom. The summed E-state index contributed by atoms with van der Waals surface area (Å²) in [6.45, 7) is 10.8. The number of carbonyl (C=O) groups is 1. The topological polar surface area (TPSA) is 63.7 Å². The second-order valence-corrected chi connectivity index (χ2v) is 9.02. The molecule has 1 aromatic rings. The molecule has 1 amide bonds. The van der Waals surface area contributed by atoms with Crippen molar-refractivity contribution in [3.63, 3.8) is 0 Å². The minimum atomic E-state index is -3.53. The monoisotopic (exact) mass is 355 g/mol. The SMILES string of the molecule is CCC(C)N(Cc1ccc(OS(C)(=O)=O)cc1)C(=O)CC(C)(C)C. The van der Waals surface area contributed by atoms with Gasteiger partial charge >= 0.3 is 10.1 Å². The Kier molecular flexibility index (Phi) is 6.84. The zero-order chi connectivity index (χ0) is 18.5. The third kappa shape index (κ3) is 7.34. The van der Waals surface area contributed by atoms with E-state index >= 15 is 0 Å². The van der Waals surface area contributed by atoms with E-state index in [1.54, 1.807) is 24.3 Å². The molecule has 0 saturated carbocycles. The molecule has 5 nitrogen and oxygen atoms in total. The van der Waals surface area contributed by atoms with Gasteiger partial charge in [0, 0.05) is 19.0 Å². The highest BCUT2D eigenvalue weighted by Crippen LogP contribution is 2.23. The Labute approximate surface area is 146 Å². The molecule has 136 valence electrons. The van der Waals surface area contributed by atoms with Crippen molar-refractivity contribution in [3.8, 4) is 5.75 Å². The largest absolute Gasteiger partial charge is 0.383 e. The van der Waals surface area contributed by atoms with Crippen LogP contribution in [0.1, 0.15) is 53.0 Å². The van der Waals surface area contributed by atoms with Gasteiger partial charge in [-0.3, -0.25) is 4.79 Å². The third-order valence-electron chi connectivity index (χ3n) is 3.65. The molecule has 0 radical (unpaired) electrons. The number of carbonyl (C=O) groups excluding carboxylic acids is 1. The van der Waals surface area contributed by atoms with Crippen molar-refractivity contribution in [1.82, 2.24) is 4.90 Å². The minimum Gasteiger partial charge on any atom is -0.383 e. The van der Waals surface area contributed by atoms with Crippen LogP contribution in [0.3, 0.4) is 0 Å². The van der Waals surface area contributed by atoms with E-state index in [4.69, 9.17) is 4.18 Å². The summed E-state index contributed by atoms with van der Waals surface area (Å²) in [5.74, 6) is 0.408. The van der Waals surface area contributed by atoms with Crippen LogP contribution in [0.5, 0.6) is 5.75 Å². The summed E-state index contributed by atoms with van der Waals surface area (Å²) >= 11 is 0. The number of benzene rings is 1. The number of hydrogen-bond donors (Lipinski definition) is 0. The average molecular weight is 356 g/mol. The van der Waals surface area contributed by atoms with Crippen LogP contribution in [0, 0.1) is 5.41 Å². The maximum Gasteiger partial charge on any atom is 0.306 e. The van der Waals surface area contributed by atoms with Crippen LogP contribution in [-0.2, 0) is 21.5 Å². The molecule has 1 unspecified atom stereocenters. The van der Waals surface area contributed by atoms with E-state index in [9.17, 15) is 13.2 Å². The second-order valence-electron chi connectivity index (χ2n) is 7.45. The lowest BCUT2D eigenvalue weighted by Gasteiger charge is -2.31. The van der Waals surface area contributed by atoms with E-state index in [1.807, 2.05) is 11.8 Å². The van der Waals surface area contributed by atoms with Crippen molar-refractivity contribution in [2.75, 3.05) is 6.26 Å². The molecule has 0 fully saturated rings. The minimum absolute atomic E-state index is 0.0595. The van der Waals surface area contributed by atoms with Gasteiger partial charge in [0.15, 0.2) is 0 Å². The van der Waals surface area contributed by atoms with Crippen molar-refractivity contribution in [2.45, 2.75) is 60.0 Å². The van der Waals surface area contributed by atoms with Gasteiger partial charge in [-0.05, 0) is 36.5 Å². The maximum absolute atomic E-state index is 12.6. The first-order valence-electron chi connectivity index (χ1n) is 8.19. The van der Waals surface area contributed by atoms with E-state index < -0.39 is 10.1 Å². The fourth-order valence-electron chi connectivity index (χ4n) is 2.29. The Bertz CT molecular complexity index is 645. The van der Waals surface area contributed by atoms with E-state index in [0.29, 0.717) is 13.0 Å². The van der Waals surface area contributed by atoms with Crippen LogP contribution in [0.25, 0.3) is 0 Å². The molecular weight excluding hydrogens is 326 g/mol. The second kappa shape index (κ2) is 8.01. The molecule has 0 heterocycles. The van der Waals surface area contributed by atoms with Crippen LogP contribution >= 0.6 is 0 Å². The summed E-state index contributed by atoms with van der Waals surface area (Å²) in [5.41, 5.74) is 0.883. The molecule has 0 bridgehead atoms. The predicted molar refractivity (Wildman–Crippen MR) is 96.3 cm³/mol. The van der Waals surface area contributed by atoms with Crippen LogP contribution in [-0.4, -0.2) is 31.5 Å². The first kappa shape index (κ1) is 20.5. The number of amides is 1. The van der Waals surface area contributed by atoms with Crippen molar-refractivity contribution < 1.29 is 17.4 Å². The maximum atomic E-state index is 12.6. The molecule has 0 saturated heterocycles. The van der Waals surface area contributed by atoms with Gasteiger partial charge in [-0.15, -0.1) is 0 Å². The molecule has 6 heteroatoms. The Hall–Kier alpha value is -1.56. The molecule has 0 aliphatic rings. The van der Waals surface area contributed by atoms with Crippen LogP contribution in [0.4, 0.5) is 0 Å². The molecule has 0 aromatic heterocycles. The third-order valence-corrected chi connectivity index (χ3v) is 4.14. The standard InChI is InChI=1S/C18H29NO4S/c1-7-14(2)19(17(20)12-18(3,4)5)13-15-8-10-16(11-9-15)23-24(6,21)22/h8-11,14H,7,12-13H2,1-6H3. The molecule has 1 rings (SSSR count). The van der Waals surface area contributed by atoms with Gasteiger partial charge in [0.2, 0.25) is 5.91 Å². The summed E-state index contributed by atoms with van der Waals surface area (Å²) in [7, 11) is -3.53. The van der Waals surface area contributed by atoms with Crippen molar-refractivity contribution in [1.29, 1.82) is 0 Å². The molecule has 0 aliphatic carbocycles. The van der Waals surface area contributed by atoms with Gasteiger partial charge in [-0.2, -0.15) is 8.42 Å². The quantitative estimate of drug-likeness (QED) is 0.701. The Morgan fingerprint density at radius 2 is 1.75 bits per heavy atom. The summed E-state index contributed by atoms with van der Waals surface area (Å²) in [6, 6.07) is 6.95. The molecular formula is C18H29NO4S. The number of hydrogen-bond acceptors (Lipinski definition) is 4. The zero-order valence-electron chi connectivity index (χ0n) is 15.5. The molecule has 1 atom stereocenters. The number of nitrogens with zero attached hydrogens (tertiary/aromatic N) is 1. The highest BCUT2D eigenvalue weighted by molar-refractivity contribution is 7.86. The lowest BCUT2D eigenvalue weighted by Crippen LogP contribution is -2.39. The average Bonchev–Trinajstić information content (AvgIpc) is 2.42. The van der Waals surface area contributed by atoms with Gasteiger partial charge < -0.3 is 9.08 Å². The van der Waals surface area contributed by atoms with Crippen LogP contribution < -0.4 is 4.18 Å². The van der Waals surface area contributed by atoms with Gasteiger partial charge in [0.1, 0.15) is 5.75 Å². The molecule has 24 heavy (non-hydrogen) atoms. The van der Waals surface area contributed by atoms with Crippen LogP contribution in [0.15, 0.2) is 24.3 Å². The van der Waals surface area contributed by atoms with E-state index in [1.165, 1.54) is 0 Å². The van der Waals surface area contributed by atoms with Gasteiger partial charge in [-0.25, -0.2) is 0 Å². The molecule has 0 N–H and O–H groups in total. The highest BCUT2D eigenvalue weighted by Gasteiger charge is 2.24. The predicted octanol–water partition coefficient (Wildman–Crippen LogP) is 3.59. The molecule has 0 aliphatic heterocycles. The molecule has 0 spiro atoms. The summed E-state index contributed by atoms with van der Waals surface area (Å²) in [6.07, 6.45) is 2.38. The lowest BCUT2D eigenvalue weighted by molar-refractivity contribution is -0.135. The molecule has 1 aromatic carbocycles. The van der Waals surface area contributed by atoms with Crippen molar-refractivity contribution >= 4 is 16.0 Å². The highest BCUT2D eigenvalue weighted by atomic mass is 32.2. The van der Waals surface area contributed by atoms with Crippen molar-refractivity contribution in [3.05, 3.63) is 29.8 Å². The van der Waals surface area contributed by atoms with Gasteiger partial charge in [-0.1, -0.05) is 39.8 Å². The van der Waals surface area contributed by atoms with Gasteiger partial charge in [0.25, 0.3) is 0 Å². The van der Waals surface area contributed by atoms with E-state index in [0.717, 1.165) is 18.2 Å². The fraction of sp³-hybridized carbons (Fsp3) is 0.611. The summed E-state index contributed by atoms with van der Waals surface area (Å²) in [4.78, 5) is 14.5. The Morgan fingerprint density at radius 1 is 1.21 bits per heavy atom. The van der Waals surface area contributed by atoms with Crippen molar-refractivity contribution in [2.24, 2.45) is 5.41 Å². The van der Waals surface area contributed by atoms with E-state index in [-0.39, 0.29) is 23.1 Å². The first-order chi connectivity index (χ1) is 10.9. The fourth-order valence-corrected chi connectivity index (χ4v) is 2.75. The normalized spacial score (nSPS) is 13.4. The smallest absolute Gasteiger partial charge is 0.306 e. The Balaban J connectivity index is 2.89. The van der Waals surface area contributed by atoms with E-state index in [2.05, 4.69) is 27.7 Å². The first-order valence-corrected chi connectivity index (χ1v) is 10.0.